The molecule has 0 radical (unpaired) electrons. The number of nitrogens with one attached hydrogen (secondary N) is 3. The topological polar surface area (TPSA) is 79.1 Å². The van der Waals surface area contributed by atoms with Gasteiger partial charge in [0.25, 0.3) is 0 Å². The van der Waals surface area contributed by atoms with Crippen LogP contribution in [0.3, 0.4) is 0 Å². The molecule has 1 heterocycles. The van der Waals surface area contributed by atoms with Gasteiger partial charge in [0, 0.05) is 22.3 Å². The van der Waals surface area contributed by atoms with Crippen molar-refractivity contribution in [2.24, 2.45) is 0 Å². The second-order valence-electron chi connectivity index (χ2n) is 5.60. The maximum atomic E-state index is 11.4. The van der Waals surface area contributed by atoms with E-state index in [9.17, 15) is 4.79 Å². The molecule has 0 aliphatic rings. The third-order valence-corrected chi connectivity index (χ3v) is 4.57. The van der Waals surface area contributed by atoms with E-state index in [0.29, 0.717) is 18.9 Å². The van der Waals surface area contributed by atoms with Crippen LogP contribution < -0.4 is 20.5 Å². The Kier molecular flexibility index (Phi) is 5.33. The quantitative estimate of drug-likeness (QED) is 0.554. The largest absolute Gasteiger partial charge is 0.493 e. The molecule has 0 fully saturated rings. The second kappa shape index (κ2) is 7.65. The van der Waals surface area contributed by atoms with Crippen molar-refractivity contribution in [3.05, 3.63) is 50.9 Å². The number of hydrogen-bond donors (Lipinski definition) is 3. The first kappa shape index (κ1) is 17.4. The fourth-order valence-electron chi connectivity index (χ4n) is 2.60. The summed E-state index contributed by atoms with van der Waals surface area (Å²) >= 11 is 3.59. The van der Waals surface area contributed by atoms with Crippen molar-refractivity contribution in [2.45, 2.75) is 19.9 Å². The summed E-state index contributed by atoms with van der Waals surface area (Å²) in [5, 5.41) is 3.37. The van der Waals surface area contributed by atoms with Crippen molar-refractivity contribution in [3.8, 4) is 11.5 Å². The van der Waals surface area contributed by atoms with Crippen LogP contribution in [0.4, 0.5) is 5.69 Å². The number of anilines is 1. The first-order valence-electron chi connectivity index (χ1n) is 8.06. The van der Waals surface area contributed by atoms with E-state index in [-0.39, 0.29) is 5.69 Å². The first-order chi connectivity index (χ1) is 12.1. The third-order valence-electron chi connectivity index (χ3n) is 3.82. The molecule has 0 unspecified atom stereocenters. The Morgan fingerprint density at radius 3 is 2.72 bits per heavy atom. The summed E-state index contributed by atoms with van der Waals surface area (Å²) in [6.07, 6.45) is 0.917. The number of methoxy groups -OCH3 is 1. The molecule has 0 amide bonds. The minimum absolute atomic E-state index is 0.210. The van der Waals surface area contributed by atoms with Crippen molar-refractivity contribution in [2.75, 3.05) is 19.0 Å². The average Bonchev–Trinajstić information content (AvgIpc) is 2.98. The predicted molar refractivity (Wildman–Crippen MR) is 103 cm³/mol. The number of benzene rings is 2. The molecular weight excluding hydrogens is 386 g/mol. The van der Waals surface area contributed by atoms with Gasteiger partial charge < -0.3 is 24.8 Å². The van der Waals surface area contributed by atoms with Crippen LogP contribution in [0, 0.1) is 0 Å². The standard InChI is InChI=1S/C18H20BrN3O3/c1-3-8-25-17-12(13(19)5-7-16(17)24-2)10-20-11-4-6-14-15(9-11)22-18(23)21-14/h4-7,9,20H,3,8,10H2,1-2H3,(H2,21,22,23). The van der Waals surface area contributed by atoms with Crippen LogP contribution in [0.15, 0.2) is 39.6 Å². The molecule has 132 valence electrons. The summed E-state index contributed by atoms with van der Waals surface area (Å²) < 4.78 is 12.3. The van der Waals surface area contributed by atoms with Gasteiger partial charge in [-0.25, -0.2) is 4.79 Å². The molecule has 0 saturated heterocycles. The second-order valence-corrected chi connectivity index (χ2v) is 6.45. The van der Waals surface area contributed by atoms with Gasteiger partial charge in [0.1, 0.15) is 0 Å². The number of rotatable bonds is 7. The zero-order chi connectivity index (χ0) is 17.8. The van der Waals surface area contributed by atoms with Crippen molar-refractivity contribution >= 4 is 32.7 Å². The van der Waals surface area contributed by atoms with Gasteiger partial charge in [-0.2, -0.15) is 0 Å². The van der Waals surface area contributed by atoms with Gasteiger partial charge in [0.2, 0.25) is 0 Å². The summed E-state index contributed by atoms with van der Waals surface area (Å²) in [6, 6.07) is 9.52. The summed E-state index contributed by atoms with van der Waals surface area (Å²) in [4.78, 5) is 16.9. The molecule has 0 saturated carbocycles. The zero-order valence-electron chi connectivity index (χ0n) is 14.1. The predicted octanol–water partition coefficient (Wildman–Crippen LogP) is 4.03. The Morgan fingerprint density at radius 1 is 1.16 bits per heavy atom. The van der Waals surface area contributed by atoms with Crippen LogP contribution >= 0.6 is 15.9 Å². The van der Waals surface area contributed by atoms with Gasteiger partial charge in [-0.3, -0.25) is 0 Å². The number of imidazole rings is 1. The minimum Gasteiger partial charge on any atom is -0.493 e. The average molecular weight is 406 g/mol. The van der Waals surface area contributed by atoms with E-state index in [1.807, 2.05) is 30.3 Å². The molecule has 2 aromatic carbocycles. The smallest absolute Gasteiger partial charge is 0.323 e. The van der Waals surface area contributed by atoms with Crippen molar-refractivity contribution < 1.29 is 9.47 Å². The van der Waals surface area contributed by atoms with E-state index in [2.05, 4.69) is 38.1 Å². The van der Waals surface area contributed by atoms with Gasteiger partial charge in [0.05, 0.1) is 24.8 Å². The van der Waals surface area contributed by atoms with Crippen LogP contribution in [0.2, 0.25) is 0 Å². The normalized spacial score (nSPS) is 10.8. The Morgan fingerprint density at radius 2 is 1.96 bits per heavy atom. The molecule has 0 aliphatic heterocycles. The highest BCUT2D eigenvalue weighted by Crippen LogP contribution is 2.37. The van der Waals surface area contributed by atoms with Gasteiger partial charge in [-0.15, -0.1) is 0 Å². The Labute approximate surface area is 153 Å². The van der Waals surface area contributed by atoms with Crippen LogP contribution in [-0.2, 0) is 6.54 Å². The number of ether oxygens (including phenoxy) is 2. The number of halogens is 1. The Bertz CT molecular complexity index is 933. The zero-order valence-corrected chi connectivity index (χ0v) is 15.7. The van der Waals surface area contributed by atoms with Crippen molar-refractivity contribution in [3.63, 3.8) is 0 Å². The summed E-state index contributed by atoms with van der Waals surface area (Å²) in [6.45, 7) is 3.24. The minimum atomic E-state index is -0.210. The molecule has 1 aromatic heterocycles. The van der Waals surface area contributed by atoms with Crippen LogP contribution in [0.25, 0.3) is 11.0 Å². The van der Waals surface area contributed by atoms with Crippen LogP contribution in [-0.4, -0.2) is 23.7 Å². The number of hydrogen-bond acceptors (Lipinski definition) is 4. The highest BCUT2D eigenvalue weighted by atomic mass is 79.9. The highest BCUT2D eigenvalue weighted by Gasteiger charge is 2.14. The van der Waals surface area contributed by atoms with Crippen LogP contribution in [0.1, 0.15) is 18.9 Å². The van der Waals surface area contributed by atoms with E-state index < -0.39 is 0 Å². The van der Waals surface area contributed by atoms with Crippen LogP contribution in [0.5, 0.6) is 11.5 Å². The van der Waals surface area contributed by atoms with E-state index in [1.165, 1.54) is 0 Å². The lowest BCUT2D eigenvalue weighted by Crippen LogP contribution is -2.06. The molecule has 6 nitrogen and oxygen atoms in total. The molecule has 0 atom stereocenters. The lowest BCUT2D eigenvalue weighted by molar-refractivity contribution is 0.291. The highest BCUT2D eigenvalue weighted by molar-refractivity contribution is 9.10. The van der Waals surface area contributed by atoms with E-state index in [4.69, 9.17) is 9.47 Å². The number of aromatic amines is 2. The Balaban J connectivity index is 1.86. The SMILES string of the molecule is CCCOc1c(OC)ccc(Br)c1CNc1ccc2[nH]c(=O)[nH]c2c1. The fraction of sp³-hybridized carbons (Fsp3) is 0.278. The molecule has 0 spiro atoms. The maximum Gasteiger partial charge on any atom is 0.323 e. The van der Waals surface area contributed by atoms with Gasteiger partial charge in [-0.1, -0.05) is 22.9 Å². The molecular formula is C18H20BrN3O3. The maximum absolute atomic E-state index is 11.4. The summed E-state index contributed by atoms with van der Waals surface area (Å²) in [7, 11) is 1.63. The lowest BCUT2D eigenvalue weighted by atomic mass is 10.1. The Hall–Kier alpha value is -2.41. The van der Waals surface area contributed by atoms with Crippen molar-refractivity contribution in [1.29, 1.82) is 0 Å². The summed E-state index contributed by atoms with van der Waals surface area (Å²) in [5.74, 6) is 1.45. The molecule has 0 bridgehead atoms. The summed E-state index contributed by atoms with van der Waals surface area (Å²) in [5.41, 5.74) is 3.22. The number of aromatic nitrogens is 2. The van der Waals surface area contributed by atoms with Crippen molar-refractivity contribution in [1.82, 2.24) is 9.97 Å². The molecule has 7 heteroatoms. The number of fused-ring (bicyclic) bond motifs is 1. The fourth-order valence-corrected chi connectivity index (χ4v) is 3.06. The molecule has 25 heavy (non-hydrogen) atoms. The van der Waals surface area contributed by atoms with Gasteiger partial charge in [0.15, 0.2) is 11.5 Å². The van der Waals surface area contributed by atoms with E-state index >= 15 is 0 Å². The molecule has 3 N–H and O–H groups in total. The molecule has 3 rings (SSSR count). The lowest BCUT2D eigenvalue weighted by Gasteiger charge is -2.17. The third kappa shape index (κ3) is 3.82. The van der Waals surface area contributed by atoms with E-state index in [0.717, 1.165) is 38.9 Å². The van der Waals surface area contributed by atoms with Gasteiger partial charge in [-0.05, 0) is 36.8 Å². The monoisotopic (exact) mass is 405 g/mol. The van der Waals surface area contributed by atoms with Gasteiger partial charge >= 0.3 is 5.69 Å². The number of H-pyrrole nitrogens is 2. The molecule has 0 aliphatic carbocycles. The van der Waals surface area contributed by atoms with E-state index in [1.54, 1.807) is 7.11 Å². The first-order valence-corrected chi connectivity index (χ1v) is 8.85. The molecule has 3 aromatic rings.